The number of benzene rings is 2. The number of rotatable bonds is 2. The van der Waals surface area contributed by atoms with Crippen molar-refractivity contribution in [3.63, 3.8) is 0 Å². The van der Waals surface area contributed by atoms with Crippen molar-refractivity contribution >= 4 is 0 Å². The van der Waals surface area contributed by atoms with E-state index < -0.39 is 0 Å². The van der Waals surface area contributed by atoms with E-state index in [4.69, 9.17) is 18.9 Å². The van der Waals surface area contributed by atoms with Crippen LogP contribution in [0.25, 0.3) is 0 Å². The van der Waals surface area contributed by atoms with Gasteiger partial charge in [0, 0.05) is 13.1 Å². The molecule has 2 unspecified atom stereocenters. The summed E-state index contributed by atoms with van der Waals surface area (Å²) in [4.78, 5) is 0. The van der Waals surface area contributed by atoms with Crippen LogP contribution in [-0.2, 0) is 18.9 Å². The molecule has 3 rings (SSSR count). The zero-order valence-corrected chi connectivity index (χ0v) is 17.6. The summed E-state index contributed by atoms with van der Waals surface area (Å²) in [6.07, 6.45) is 0. The van der Waals surface area contributed by atoms with Gasteiger partial charge in [-0.25, -0.2) is 0 Å². The molecule has 0 saturated carbocycles. The summed E-state index contributed by atoms with van der Waals surface area (Å²) in [6.45, 7) is 6.26. The zero-order chi connectivity index (χ0) is 20.7. The molecule has 0 aliphatic carbocycles. The molecule has 1 saturated heterocycles. The average Bonchev–Trinajstić information content (AvgIpc) is 2.80. The molecule has 6 nitrogen and oxygen atoms in total. The fourth-order valence-electron chi connectivity index (χ4n) is 3.51. The van der Waals surface area contributed by atoms with Gasteiger partial charge in [0.1, 0.15) is 0 Å². The molecule has 1 aliphatic heterocycles. The zero-order valence-electron chi connectivity index (χ0n) is 17.6. The van der Waals surface area contributed by atoms with Crippen molar-refractivity contribution in [2.24, 2.45) is 0 Å². The second kappa shape index (κ2) is 14.2. The van der Waals surface area contributed by atoms with Crippen LogP contribution in [0.1, 0.15) is 23.2 Å². The summed E-state index contributed by atoms with van der Waals surface area (Å²) in [5.41, 5.74) is 2.48. The molecule has 2 aromatic carbocycles. The molecule has 164 valence electrons. The highest BCUT2D eigenvalue weighted by Gasteiger charge is 2.24. The highest BCUT2D eigenvalue weighted by molar-refractivity contribution is 5.27. The monoisotopic (exact) mass is 414 g/mol. The van der Waals surface area contributed by atoms with Gasteiger partial charge in [-0.3, -0.25) is 0 Å². The summed E-state index contributed by atoms with van der Waals surface area (Å²) < 4.78 is 22.5. The molecule has 0 spiro atoms. The summed E-state index contributed by atoms with van der Waals surface area (Å²) in [5.74, 6) is 0. The molecular weight excluding hydrogens is 380 g/mol. The van der Waals surface area contributed by atoms with Gasteiger partial charge in [0.15, 0.2) is 0 Å². The third-order valence-corrected chi connectivity index (χ3v) is 4.99. The van der Waals surface area contributed by atoms with Crippen molar-refractivity contribution in [2.75, 3.05) is 65.9 Å². The van der Waals surface area contributed by atoms with Gasteiger partial charge in [0.2, 0.25) is 0 Å². The van der Waals surface area contributed by atoms with Crippen LogP contribution in [0.5, 0.6) is 0 Å². The predicted molar refractivity (Wildman–Crippen MR) is 118 cm³/mol. The molecule has 2 aromatic rings. The Bertz CT molecular complexity index is 612. The topological polar surface area (TPSA) is 61.0 Å². The van der Waals surface area contributed by atoms with E-state index in [1.165, 1.54) is 11.1 Å². The molecule has 2 atom stereocenters. The Morgan fingerprint density at radius 2 is 0.800 bits per heavy atom. The quantitative estimate of drug-likeness (QED) is 0.788. The molecule has 0 radical (unpaired) electrons. The van der Waals surface area contributed by atoms with Crippen LogP contribution < -0.4 is 10.6 Å². The molecule has 0 aromatic heterocycles. The lowest BCUT2D eigenvalue weighted by molar-refractivity contribution is -0.00225. The van der Waals surface area contributed by atoms with Gasteiger partial charge < -0.3 is 29.6 Å². The van der Waals surface area contributed by atoms with E-state index in [-0.39, 0.29) is 12.1 Å². The molecule has 6 heteroatoms. The Kier molecular flexibility index (Phi) is 10.9. The number of hydrogen-bond donors (Lipinski definition) is 2. The van der Waals surface area contributed by atoms with E-state index in [1.54, 1.807) is 0 Å². The lowest BCUT2D eigenvalue weighted by Gasteiger charge is -2.30. The summed E-state index contributed by atoms with van der Waals surface area (Å²) in [6, 6.07) is 21.3. The van der Waals surface area contributed by atoms with Crippen LogP contribution in [0, 0.1) is 0 Å². The Morgan fingerprint density at radius 1 is 0.467 bits per heavy atom. The van der Waals surface area contributed by atoms with Gasteiger partial charge in [0.05, 0.1) is 64.9 Å². The lowest BCUT2D eigenvalue weighted by atomic mass is 9.93. The van der Waals surface area contributed by atoms with Crippen LogP contribution in [0.3, 0.4) is 0 Å². The van der Waals surface area contributed by atoms with Crippen molar-refractivity contribution in [1.82, 2.24) is 10.6 Å². The third-order valence-electron chi connectivity index (χ3n) is 4.99. The maximum absolute atomic E-state index is 5.74. The standard InChI is InChI=1S/C24H34N2O4/c1-3-7-21(8-4-1)23-24(22-9-5-2-6-10-22)26-12-14-28-16-18-30-20-19-29-17-15-27-13-11-25-23/h1-10,23-26H,11-20H2. The van der Waals surface area contributed by atoms with Crippen molar-refractivity contribution < 1.29 is 18.9 Å². The minimum Gasteiger partial charge on any atom is -0.378 e. The smallest absolute Gasteiger partial charge is 0.0701 e. The highest BCUT2D eigenvalue weighted by atomic mass is 16.6. The number of ether oxygens (including phenoxy) is 4. The Morgan fingerprint density at radius 3 is 1.17 bits per heavy atom. The van der Waals surface area contributed by atoms with Gasteiger partial charge in [-0.2, -0.15) is 0 Å². The van der Waals surface area contributed by atoms with Crippen molar-refractivity contribution in [3.8, 4) is 0 Å². The summed E-state index contributed by atoms with van der Waals surface area (Å²) in [7, 11) is 0. The molecular formula is C24H34N2O4. The van der Waals surface area contributed by atoms with E-state index in [2.05, 4.69) is 71.3 Å². The normalized spacial score (nSPS) is 23.9. The lowest BCUT2D eigenvalue weighted by Crippen LogP contribution is -2.38. The maximum Gasteiger partial charge on any atom is 0.0701 e. The number of nitrogens with one attached hydrogen (secondary N) is 2. The van der Waals surface area contributed by atoms with Crippen molar-refractivity contribution in [2.45, 2.75) is 12.1 Å². The van der Waals surface area contributed by atoms with E-state index in [1.807, 2.05) is 0 Å². The third kappa shape index (κ3) is 8.14. The fraction of sp³-hybridized carbons (Fsp3) is 0.500. The van der Waals surface area contributed by atoms with E-state index in [0.29, 0.717) is 52.9 Å². The van der Waals surface area contributed by atoms with Gasteiger partial charge in [-0.1, -0.05) is 60.7 Å². The fourth-order valence-corrected chi connectivity index (χ4v) is 3.51. The summed E-state index contributed by atoms with van der Waals surface area (Å²) in [5, 5.41) is 7.40. The minimum absolute atomic E-state index is 0.107. The molecule has 2 N–H and O–H groups in total. The molecule has 1 heterocycles. The first-order chi connectivity index (χ1) is 14.9. The minimum atomic E-state index is 0.107. The second-order valence-corrected chi connectivity index (χ2v) is 7.13. The Labute approximate surface area is 179 Å². The highest BCUT2D eigenvalue weighted by Crippen LogP contribution is 2.28. The average molecular weight is 415 g/mol. The van der Waals surface area contributed by atoms with Gasteiger partial charge >= 0.3 is 0 Å². The SMILES string of the molecule is c1ccc(C2NCCOCCOCCOCCOCCNC2c2ccccc2)cc1. The Hall–Kier alpha value is -1.80. The molecule has 0 bridgehead atoms. The molecule has 1 fully saturated rings. The van der Waals surface area contributed by atoms with Gasteiger partial charge in [0.25, 0.3) is 0 Å². The van der Waals surface area contributed by atoms with Crippen LogP contribution in [0.2, 0.25) is 0 Å². The van der Waals surface area contributed by atoms with E-state index in [0.717, 1.165) is 13.1 Å². The predicted octanol–water partition coefficient (Wildman–Crippen LogP) is 2.73. The van der Waals surface area contributed by atoms with Gasteiger partial charge in [-0.05, 0) is 11.1 Å². The van der Waals surface area contributed by atoms with Crippen molar-refractivity contribution in [1.29, 1.82) is 0 Å². The molecule has 0 amide bonds. The molecule has 1 aliphatic rings. The van der Waals surface area contributed by atoms with E-state index in [9.17, 15) is 0 Å². The van der Waals surface area contributed by atoms with Crippen LogP contribution in [-0.4, -0.2) is 65.9 Å². The Balaban J connectivity index is 1.71. The second-order valence-electron chi connectivity index (χ2n) is 7.13. The van der Waals surface area contributed by atoms with E-state index >= 15 is 0 Å². The first kappa shape index (κ1) is 22.9. The summed E-state index contributed by atoms with van der Waals surface area (Å²) >= 11 is 0. The molecule has 30 heavy (non-hydrogen) atoms. The first-order valence-electron chi connectivity index (χ1n) is 10.8. The van der Waals surface area contributed by atoms with Crippen LogP contribution in [0.4, 0.5) is 0 Å². The number of hydrogen-bond acceptors (Lipinski definition) is 6. The van der Waals surface area contributed by atoms with Crippen molar-refractivity contribution in [3.05, 3.63) is 71.8 Å². The maximum atomic E-state index is 5.74. The van der Waals surface area contributed by atoms with Crippen LogP contribution >= 0.6 is 0 Å². The van der Waals surface area contributed by atoms with Crippen LogP contribution in [0.15, 0.2) is 60.7 Å². The first-order valence-corrected chi connectivity index (χ1v) is 10.8. The van der Waals surface area contributed by atoms with Gasteiger partial charge in [-0.15, -0.1) is 0 Å². The largest absolute Gasteiger partial charge is 0.378 e.